The number of benzene rings is 3. The number of anilines is 1. The van der Waals surface area contributed by atoms with E-state index in [1.807, 2.05) is 77.9 Å². The summed E-state index contributed by atoms with van der Waals surface area (Å²) < 4.78 is 40.9. The van der Waals surface area contributed by atoms with E-state index < -0.39 is 56.2 Å². The molecule has 5 aliphatic rings. The second-order valence-corrected chi connectivity index (χ2v) is 25.0. The lowest BCUT2D eigenvalue weighted by atomic mass is 10.0. The Bertz CT molecular complexity index is 3150. The van der Waals surface area contributed by atoms with Gasteiger partial charge in [-0.1, -0.05) is 75.2 Å². The molecule has 0 radical (unpaired) electrons. The molecule has 402 valence electrons. The number of hydrogen-bond acceptors (Lipinski definition) is 13. The summed E-state index contributed by atoms with van der Waals surface area (Å²) in [4.78, 5) is 74.7. The zero-order valence-electron chi connectivity index (χ0n) is 44.3. The van der Waals surface area contributed by atoms with Gasteiger partial charge in [0.1, 0.15) is 45.9 Å². The van der Waals surface area contributed by atoms with Gasteiger partial charge in [0, 0.05) is 78.2 Å². The van der Waals surface area contributed by atoms with Gasteiger partial charge in [0.05, 0.1) is 29.6 Å². The number of nitrogens with zero attached hydrogens (tertiary/aromatic N) is 5. The Morgan fingerprint density at radius 3 is 2.42 bits per heavy atom. The molecule has 4 amide bonds. The molecule has 2 saturated carbocycles. The predicted molar refractivity (Wildman–Crippen MR) is 295 cm³/mol. The molecule has 3 N–H and O–H groups in total. The third-order valence-electron chi connectivity index (χ3n) is 16.3. The van der Waals surface area contributed by atoms with E-state index in [4.69, 9.17) is 19.4 Å². The molecular formula is C58H70N8O8S2. The molecule has 0 spiro atoms. The van der Waals surface area contributed by atoms with Gasteiger partial charge in [0.25, 0.3) is 11.8 Å². The van der Waals surface area contributed by atoms with E-state index in [0.29, 0.717) is 84.5 Å². The lowest BCUT2D eigenvalue weighted by Crippen LogP contribution is -2.58. The van der Waals surface area contributed by atoms with E-state index in [0.717, 1.165) is 42.2 Å². The molecule has 18 heteroatoms. The molecule has 2 saturated heterocycles. The van der Waals surface area contributed by atoms with Crippen LogP contribution in [0, 0.1) is 12.8 Å². The van der Waals surface area contributed by atoms with Crippen molar-refractivity contribution in [3.8, 4) is 22.2 Å². The third kappa shape index (κ3) is 10.8. The number of allylic oxidation sites excluding steroid dienone is 1. The number of aromatic nitrogens is 2. The minimum atomic E-state index is -4.03. The maximum Gasteiger partial charge on any atom is 0.259 e. The van der Waals surface area contributed by atoms with Crippen LogP contribution >= 0.6 is 11.3 Å². The van der Waals surface area contributed by atoms with E-state index in [2.05, 4.69) is 53.2 Å². The second-order valence-electron chi connectivity index (χ2n) is 21.9. The van der Waals surface area contributed by atoms with Gasteiger partial charge in [-0.15, -0.1) is 11.3 Å². The summed E-state index contributed by atoms with van der Waals surface area (Å²) in [5, 5.41) is 9.99. The van der Waals surface area contributed by atoms with Gasteiger partial charge in [-0.3, -0.25) is 28.8 Å². The highest BCUT2D eigenvalue weighted by atomic mass is 32.2. The van der Waals surface area contributed by atoms with Crippen LogP contribution in [0.2, 0.25) is 0 Å². The maximum atomic E-state index is 15.4. The van der Waals surface area contributed by atoms with Crippen LogP contribution in [-0.2, 0) is 24.4 Å². The van der Waals surface area contributed by atoms with Crippen molar-refractivity contribution in [3.63, 3.8) is 0 Å². The molecule has 76 heavy (non-hydrogen) atoms. The number of aryl methyl sites for hydroxylation is 1. The third-order valence-corrected chi connectivity index (χ3v) is 19.4. The molecule has 3 aliphatic heterocycles. The summed E-state index contributed by atoms with van der Waals surface area (Å²) in [6, 6.07) is 21.6. The molecular weight excluding hydrogens is 1000 g/mol. The summed E-state index contributed by atoms with van der Waals surface area (Å²) in [6.07, 6.45) is 7.84. The van der Waals surface area contributed by atoms with Crippen LogP contribution < -0.4 is 24.8 Å². The smallest absolute Gasteiger partial charge is 0.259 e. The fourth-order valence-electron chi connectivity index (χ4n) is 11.0. The molecule has 5 heterocycles. The average molecular weight is 1070 g/mol. The van der Waals surface area contributed by atoms with Gasteiger partial charge in [-0.25, -0.2) is 18.4 Å². The highest BCUT2D eigenvalue weighted by Gasteiger charge is 2.63. The molecule has 4 fully saturated rings. The van der Waals surface area contributed by atoms with Crippen LogP contribution in [0.3, 0.4) is 0 Å². The number of nitrogens with one attached hydrogen (secondary N) is 3. The Hall–Kier alpha value is -6.37. The van der Waals surface area contributed by atoms with E-state index in [1.165, 1.54) is 16.9 Å². The number of hydrogen-bond donors (Lipinski definition) is 3. The quantitative estimate of drug-likeness (QED) is 0.0954. The molecule has 5 aromatic rings. The fourth-order valence-corrected chi connectivity index (χ4v) is 13.2. The molecule has 6 atom stereocenters. The normalized spacial score (nSPS) is 24.8. The summed E-state index contributed by atoms with van der Waals surface area (Å²) in [5.74, 6) is -0.860. The van der Waals surface area contributed by atoms with Crippen molar-refractivity contribution in [1.82, 2.24) is 34.7 Å². The van der Waals surface area contributed by atoms with Gasteiger partial charge in [0.2, 0.25) is 21.8 Å². The van der Waals surface area contributed by atoms with Gasteiger partial charge in [-0.05, 0) is 101 Å². The van der Waals surface area contributed by atoms with Crippen LogP contribution in [0.4, 0.5) is 5.69 Å². The van der Waals surface area contributed by atoms with Crippen LogP contribution in [0.15, 0.2) is 90.3 Å². The Kier molecular flexibility index (Phi) is 15.1. The molecule has 16 nitrogen and oxygen atoms in total. The second kappa shape index (κ2) is 21.6. The van der Waals surface area contributed by atoms with E-state index in [1.54, 1.807) is 31.1 Å². The average Bonchev–Trinajstić information content (AvgIpc) is 4.24. The van der Waals surface area contributed by atoms with Crippen LogP contribution in [-0.4, -0.2) is 125 Å². The van der Waals surface area contributed by atoms with Gasteiger partial charge in [-0.2, -0.15) is 0 Å². The zero-order valence-corrected chi connectivity index (χ0v) is 46.0. The molecule has 2 aliphatic carbocycles. The number of rotatable bonds is 13. The van der Waals surface area contributed by atoms with E-state index in [-0.39, 0.29) is 43.2 Å². The number of amides is 4. The van der Waals surface area contributed by atoms with Crippen LogP contribution in [0.1, 0.15) is 125 Å². The Labute approximate surface area is 450 Å². The van der Waals surface area contributed by atoms with Gasteiger partial charge < -0.3 is 29.9 Å². The lowest BCUT2D eigenvalue weighted by molar-refractivity contribution is -0.140. The van der Waals surface area contributed by atoms with Gasteiger partial charge in [0.15, 0.2) is 0 Å². The van der Waals surface area contributed by atoms with Crippen LogP contribution in [0.25, 0.3) is 21.6 Å². The van der Waals surface area contributed by atoms with E-state index in [9.17, 15) is 18.0 Å². The number of fused-ring (bicyclic) bond motifs is 3. The summed E-state index contributed by atoms with van der Waals surface area (Å²) in [5.41, 5.74) is 3.84. The van der Waals surface area contributed by atoms with Crippen molar-refractivity contribution in [2.45, 2.75) is 133 Å². The van der Waals surface area contributed by atoms with Crippen molar-refractivity contribution >= 4 is 61.6 Å². The Balaban J connectivity index is 0.948. The number of ether oxygens (including phenoxy) is 2. The predicted octanol–water partition coefficient (Wildman–Crippen LogP) is 8.54. The number of piperazine rings is 1. The summed E-state index contributed by atoms with van der Waals surface area (Å²) >= 11 is 1.49. The molecule has 1 unspecified atom stereocenters. The molecule has 0 bridgehead atoms. The van der Waals surface area contributed by atoms with E-state index >= 15 is 9.59 Å². The fraction of sp³-hybridized carbons (Fsp3) is 0.483. The number of pyridine rings is 1. The first kappa shape index (κ1) is 53.0. The highest BCUT2D eigenvalue weighted by Crippen LogP contribution is 2.48. The lowest BCUT2D eigenvalue weighted by Gasteiger charge is -2.38. The van der Waals surface area contributed by atoms with Crippen LogP contribution in [0.5, 0.6) is 11.5 Å². The summed E-state index contributed by atoms with van der Waals surface area (Å²) in [6.45, 7) is 12.6. The number of methoxy groups -OCH3 is 1. The Morgan fingerprint density at radius 2 is 1.70 bits per heavy atom. The Morgan fingerprint density at radius 1 is 0.921 bits per heavy atom. The largest absolute Gasteiger partial charge is 0.496 e. The number of carbonyl (C=O) groups is 4. The molecule has 10 rings (SSSR count). The monoisotopic (exact) mass is 1070 g/mol. The number of carbonyl (C=O) groups excluding carboxylic acids is 4. The highest BCUT2D eigenvalue weighted by molar-refractivity contribution is 7.91. The minimum absolute atomic E-state index is 0.0286. The molecule has 2 aromatic heterocycles. The standard InChI is InChI=1S/C58H70N8O8S2/c1-36(2)47-35-75-53(61-47)46-32-50(44-22-23-49(73-6)37(3)51(44)60-46)74-43-31-48-52(67)62-58(56(70)63-76(71,72)57(5)24-25-57)33-41(58)19-13-8-7-9-14-21-45(55(69)66(48)34-43)59-42-20-15-18-40(30-42)54(68)65-28-26-64(27-29-65)38(4)39-16-11-10-12-17-39/h10-13,15-20,22-23,30,32,35-36,38,41,43,45,48,59H,7-9,14,21,24-29,31,33-34H2,1-6H3,(H,62,67)(H,63,70)/b19-13-/t38?,41-,43+,45-,48-,58+/m0/s1. The van der Waals surface area contributed by atoms with Crippen molar-refractivity contribution < 1.29 is 37.1 Å². The first-order chi connectivity index (χ1) is 36.5. The first-order valence-electron chi connectivity index (χ1n) is 26.9. The van der Waals surface area contributed by atoms with Crippen molar-refractivity contribution in [2.24, 2.45) is 5.92 Å². The van der Waals surface area contributed by atoms with Crippen molar-refractivity contribution in [1.29, 1.82) is 0 Å². The number of sulfonamides is 1. The first-order valence-corrected chi connectivity index (χ1v) is 29.3. The minimum Gasteiger partial charge on any atom is -0.496 e. The van der Waals surface area contributed by atoms with Crippen molar-refractivity contribution in [2.75, 3.05) is 45.2 Å². The van der Waals surface area contributed by atoms with Gasteiger partial charge >= 0.3 is 0 Å². The number of thiazole rings is 1. The summed E-state index contributed by atoms with van der Waals surface area (Å²) in [7, 11) is -2.42. The zero-order chi connectivity index (χ0) is 53.5. The SMILES string of the molecule is COc1ccc2c(O[C@@H]3C[C@H]4C(=O)N[C@]5(C(=O)NS(=O)(=O)C6(C)CC6)C[C@@H]5/C=C\CCCCC[C@H](Nc5cccc(C(=O)N6CCN(C(C)c7ccccc7)CC6)c5)C(=O)N4C3)cc(-c3nc(C(C)C)cs3)nc2c1C. The topological polar surface area (TPSA) is 192 Å². The molecule has 3 aromatic carbocycles. The van der Waals surface area contributed by atoms with Crippen molar-refractivity contribution in [3.05, 3.63) is 113 Å². The maximum absolute atomic E-state index is 15.4.